The van der Waals surface area contributed by atoms with Crippen LogP contribution in [0.25, 0.3) is 21.2 Å². The van der Waals surface area contributed by atoms with Gasteiger partial charge in [0.1, 0.15) is 4.88 Å². The van der Waals surface area contributed by atoms with Crippen molar-refractivity contribution in [1.29, 1.82) is 5.26 Å². The lowest BCUT2D eigenvalue weighted by Crippen LogP contribution is -2.11. The highest BCUT2D eigenvalue weighted by Crippen LogP contribution is 2.46. The summed E-state index contributed by atoms with van der Waals surface area (Å²) >= 11 is 0.829. The normalized spacial score (nSPS) is 11.4. The van der Waals surface area contributed by atoms with E-state index < -0.39 is 17.6 Å². The topological polar surface area (TPSA) is 92.9 Å². The van der Waals surface area contributed by atoms with E-state index in [1.54, 1.807) is 24.3 Å². The molecule has 0 radical (unpaired) electrons. The zero-order valence-electron chi connectivity index (χ0n) is 12.5. The minimum absolute atomic E-state index is 0.110. The number of nitriles is 1. The fourth-order valence-corrected chi connectivity index (χ4v) is 3.73. The molecule has 0 bridgehead atoms. The summed E-state index contributed by atoms with van der Waals surface area (Å²) in [4.78, 5) is 11.4. The predicted octanol–water partition coefficient (Wildman–Crippen LogP) is 4.14. The molecule has 0 unspecified atom stereocenters. The number of rotatable bonds is 2. The molecule has 126 valence electrons. The number of fused-ring (bicyclic) bond motifs is 1. The number of halogens is 3. The first-order valence-corrected chi connectivity index (χ1v) is 7.78. The van der Waals surface area contributed by atoms with E-state index in [4.69, 9.17) is 16.7 Å². The first-order valence-electron chi connectivity index (χ1n) is 6.96. The second-order valence-corrected chi connectivity index (χ2v) is 6.28. The molecule has 0 atom stereocenters. The maximum atomic E-state index is 13.3. The van der Waals surface area contributed by atoms with E-state index in [9.17, 15) is 18.0 Å². The third-order valence-corrected chi connectivity index (χ3v) is 4.98. The van der Waals surface area contributed by atoms with Crippen LogP contribution in [0.4, 0.5) is 18.9 Å². The van der Waals surface area contributed by atoms with Gasteiger partial charge in [0.15, 0.2) is 0 Å². The van der Waals surface area contributed by atoms with Gasteiger partial charge in [0.05, 0.1) is 22.9 Å². The van der Waals surface area contributed by atoms with E-state index in [0.717, 1.165) is 17.4 Å². The van der Waals surface area contributed by atoms with Crippen molar-refractivity contribution in [3.63, 3.8) is 0 Å². The van der Waals surface area contributed by atoms with Gasteiger partial charge in [0.25, 0.3) is 5.91 Å². The average Bonchev–Trinajstić information content (AvgIpc) is 2.91. The van der Waals surface area contributed by atoms with Crippen LogP contribution in [-0.2, 0) is 6.18 Å². The molecule has 3 rings (SSSR count). The number of hydrogen-bond acceptors (Lipinski definition) is 4. The van der Waals surface area contributed by atoms with Crippen molar-refractivity contribution < 1.29 is 18.0 Å². The number of carbonyl (C=O) groups excluding carboxylic acids is 1. The predicted molar refractivity (Wildman–Crippen MR) is 89.9 cm³/mol. The zero-order chi connectivity index (χ0) is 18.4. The quantitative estimate of drug-likeness (QED) is 0.718. The number of thiophene rings is 1. The van der Waals surface area contributed by atoms with E-state index in [1.807, 2.05) is 6.07 Å². The molecule has 1 amide bonds. The van der Waals surface area contributed by atoms with Gasteiger partial charge in [0, 0.05) is 10.1 Å². The van der Waals surface area contributed by atoms with Gasteiger partial charge in [-0.25, -0.2) is 0 Å². The Morgan fingerprint density at radius 1 is 1.12 bits per heavy atom. The fourth-order valence-electron chi connectivity index (χ4n) is 2.60. The van der Waals surface area contributed by atoms with Gasteiger partial charge in [-0.15, -0.1) is 11.3 Å². The zero-order valence-corrected chi connectivity index (χ0v) is 13.3. The number of alkyl halides is 3. The van der Waals surface area contributed by atoms with Gasteiger partial charge in [-0.05, 0) is 29.3 Å². The number of nitrogens with two attached hydrogens (primary N) is 2. The summed E-state index contributed by atoms with van der Waals surface area (Å²) in [7, 11) is 0. The third-order valence-electron chi connectivity index (χ3n) is 3.73. The number of primary amides is 1. The van der Waals surface area contributed by atoms with Crippen molar-refractivity contribution in [1.82, 2.24) is 0 Å². The van der Waals surface area contributed by atoms with Crippen molar-refractivity contribution in [2.75, 3.05) is 5.73 Å². The number of nitrogen functional groups attached to an aromatic ring is 1. The Labute approximate surface area is 144 Å². The van der Waals surface area contributed by atoms with Crippen LogP contribution in [-0.4, -0.2) is 5.91 Å². The number of hydrogen-bond donors (Lipinski definition) is 2. The summed E-state index contributed by atoms with van der Waals surface area (Å²) in [5.41, 5.74) is 11.4. The summed E-state index contributed by atoms with van der Waals surface area (Å²) in [5, 5.41) is 8.63. The highest BCUT2D eigenvalue weighted by Gasteiger charge is 2.35. The molecule has 0 aliphatic rings. The minimum atomic E-state index is -4.62. The Morgan fingerprint density at radius 2 is 1.76 bits per heavy atom. The Morgan fingerprint density at radius 3 is 2.28 bits per heavy atom. The molecular formula is C17H10F3N3OS. The summed E-state index contributed by atoms with van der Waals surface area (Å²) in [6.45, 7) is 0. The summed E-state index contributed by atoms with van der Waals surface area (Å²) in [6.07, 6.45) is -4.62. The van der Waals surface area contributed by atoms with Crippen LogP contribution >= 0.6 is 11.3 Å². The monoisotopic (exact) mass is 361 g/mol. The Balaban J connectivity index is 2.36. The summed E-state index contributed by atoms with van der Waals surface area (Å²) in [6, 6.07) is 10.6. The Kier molecular flexibility index (Phi) is 3.89. The minimum Gasteiger partial charge on any atom is -0.397 e. The van der Waals surface area contributed by atoms with Crippen LogP contribution in [0.2, 0.25) is 0 Å². The SMILES string of the molecule is N#Cc1ccc(-c2ccc(C(F)(F)F)c3c(N)c(C(N)=O)sc23)cc1. The first-order chi connectivity index (χ1) is 11.7. The molecule has 1 aromatic heterocycles. The van der Waals surface area contributed by atoms with Gasteiger partial charge in [-0.1, -0.05) is 18.2 Å². The second kappa shape index (κ2) is 5.79. The maximum absolute atomic E-state index is 13.3. The molecule has 0 saturated carbocycles. The van der Waals surface area contributed by atoms with Crippen LogP contribution in [0.3, 0.4) is 0 Å². The van der Waals surface area contributed by atoms with Crippen molar-refractivity contribution in [2.45, 2.75) is 6.18 Å². The standard InChI is InChI=1S/C17H10F3N3OS/c18-17(19,20)11-6-5-10(9-3-1-8(7-21)2-4-9)14-12(11)13(22)15(25-14)16(23)24/h1-6H,22H2,(H2,23,24). The smallest absolute Gasteiger partial charge is 0.397 e. The van der Waals surface area contributed by atoms with Crippen molar-refractivity contribution in [3.8, 4) is 17.2 Å². The van der Waals surface area contributed by atoms with E-state index in [2.05, 4.69) is 0 Å². The van der Waals surface area contributed by atoms with Crippen LogP contribution in [0, 0.1) is 11.3 Å². The molecule has 0 spiro atoms. The van der Waals surface area contributed by atoms with Gasteiger partial charge >= 0.3 is 6.18 Å². The lowest BCUT2D eigenvalue weighted by atomic mass is 9.99. The fraction of sp³-hybridized carbons (Fsp3) is 0.0588. The molecule has 25 heavy (non-hydrogen) atoms. The molecule has 1 heterocycles. The van der Waals surface area contributed by atoms with Gasteiger partial charge < -0.3 is 11.5 Å². The van der Waals surface area contributed by atoms with Gasteiger partial charge in [-0.3, -0.25) is 4.79 Å². The Hall–Kier alpha value is -3.05. The molecular weight excluding hydrogens is 351 g/mol. The largest absolute Gasteiger partial charge is 0.417 e. The van der Waals surface area contributed by atoms with Gasteiger partial charge in [0.2, 0.25) is 0 Å². The van der Waals surface area contributed by atoms with Gasteiger partial charge in [-0.2, -0.15) is 18.4 Å². The van der Waals surface area contributed by atoms with Crippen molar-refractivity contribution in [3.05, 3.63) is 52.4 Å². The van der Waals surface area contributed by atoms with E-state index in [-0.39, 0.29) is 20.7 Å². The van der Waals surface area contributed by atoms with E-state index in [0.29, 0.717) is 16.7 Å². The molecule has 0 aliphatic carbocycles. The molecule has 4 N–H and O–H groups in total. The molecule has 0 fully saturated rings. The number of benzene rings is 2. The maximum Gasteiger partial charge on any atom is 0.417 e. The first kappa shape index (κ1) is 16.8. The number of amides is 1. The Bertz CT molecular complexity index is 1030. The number of anilines is 1. The third kappa shape index (κ3) is 2.79. The molecule has 2 aromatic carbocycles. The molecule has 0 saturated heterocycles. The highest BCUT2D eigenvalue weighted by molar-refractivity contribution is 7.22. The van der Waals surface area contributed by atoms with Crippen LogP contribution in [0.1, 0.15) is 20.8 Å². The number of carbonyl (C=O) groups is 1. The highest BCUT2D eigenvalue weighted by atomic mass is 32.1. The number of nitrogens with zero attached hydrogens (tertiary/aromatic N) is 1. The molecule has 8 heteroatoms. The van der Waals surface area contributed by atoms with Crippen molar-refractivity contribution in [2.24, 2.45) is 5.73 Å². The summed E-state index contributed by atoms with van der Waals surface area (Å²) in [5.74, 6) is -0.877. The lowest BCUT2D eigenvalue weighted by Gasteiger charge is -2.12. The average molecular weight is 361 g/mol. The summed E-state index contributed by atoms with van der Waals surface area (Å²) < 4.78 is 40.2. The lowest BCUT2D eigenvalue weighted by molar-refractivity contribution is -0.136. The van der Waals surface area contributed by atoms with Crippen LogP contribution in [0.5, 0.6) is 0 Å². The van der Waals surface area contributed by atoms with Crippen LogP contribution < -0.4 is 11.5 Å². The van der Waals surface area contributed by atoms with E-state index in [1.165, 1.54) is 6.07 Å². The van der Waals surface area contributed by atoms with Crippen molar-refractivity contribution >= 4 is 33.0 Å². The molecule has 4 nitrogen and oxygen atoms in total. The van der Waals surface area contributed by atoms with Crippen LogP contribution in [0.15, 0.2) is 36.4 Å². The second-order valence-electron chi connectivity index (χ2n) is 5.26. The molecule has 0 aliphatic heterocycles. The van der Waals surface area contributed by atoms with E-state index >= 15 is 0 Å². The molecule has 3 aromatic rings.